The minimum atomic E-state index is -2.68. The van der Waals surface area contributed by atoms with Gasteiger partial charge in [-0.1, -0.05) is 43.4 Å². The summed E-state index contributed by atoms with van der Waals surface area (Å²) in [6.45, 7) is 2.24. The monoisotopic (exact) mass is 599 g/mol. The standard InChI is InChI=1S/C27H26F5N3O3S2/c1-18(27(36,15-35-17-33-16-34-35)23-11-8-20(28)12-24(23)29)39-21-13-37-25(38-14-21)5-3-2-4-19-6-9-22(10-7-19)40(32)26(30)31/h2-12,16-18,21,25,36H,13-15H2,1H3/b4-2+,5-3+. The van der Waals surface area contributed by atoms with Crippen LogP contribution < -0.4 is 0 Å². The average Bonchev–Trinajstić information content (AvgIpc) is 3.44. The number of nitrogens with zero attached hydrogens (tertiary/aromatic N) is 3. The van der Waals surface area contributed by atoms with Crippen molar-refractivity contribution >= 4 is 34.1 Å². The number of benzene rings is 2. The van der Waals surface area contributed by atoms with Crippen molar-refractivity contribution in [2.24, 2.45) is 0 Å². The quantitative estimate of drug-likeness (QED) is 0.131. The summed E-state index contributed by atoms with van der Waals surface area (Å²) < 4.78 is 79.4. The second-order valence-corrected chi connectivity index (χ2v) is 11.8. The van der Waals surface area contributed by atoms with E-state index in [1.807, 2.05) is 0 Å². The van der Waals surface area contributed by atoms with Crippen LogP contribution in [0.5, 0.6) is 0 Å². The molecular formula is C27H26F5N3O3S2. The van der Waals surface area contributed by atoms with Crippen molar-refractivity contribution in [1.82, 2.24) is 14.8 Å². The Morgan fingerprint density at radius 2 is 1.90 bits per heavy atom. The van der Waals surface area contributed by atoms with Gasteiger partial charge in [0.25, 0.3) is 0 Å². The molecule has 40 heavy (non-hydrogen) atoms. The van der Waals surface area contributed by atoms with Crippen LogP contribution in [0.4, 0.5) is 21.4 Å². The molecule has 1 aliphatic heterocycles. The number of hydrogen-bond acceptors (Lipinski definition) is 6. The molecule has 13 heteroatoms. The molecular weight excluding hydrogens is 573 g/mol. The minimum Gasteiger partial charge on any atom is -0.382 e. The van der Waals surface area contributed by atoms with Gasteiger partial charge in [0.05, 0.1) is 35.9 Å². The molecule has 3 unspecified atom stereocenters. The Morgan fingerprint density at radius 1 is 1.18 bits per heavy atom. The predicted octanol–water partition coefficient (Wildman–Crippen LogP) is 6.12. The minimum absolute atomic E-state index is 0.0536. The summed E-state index contributed by atoms with van der Waals surface area (Å²) in [5.41, 5.74) is -1.08. The van der Waals surface area contributed by atoms with Gasteiger partial charge in [-0.15, -0.1) is 11.8 Å². The Balaban J connectivity index is 1.33. The molecule has 0 spiro atoms. The summed E-state index contributed by atoms with van der Waals surface area (Å²) in [6, 6.07) is 8.78. The Bertz CT molecular complexity index is 1360. The van der Waals surface area contributed by atoms with E-state index >= 15 is 0 Å². The van der Waals surface area contributed by atoms with Crippen molar-refractivity contribution < 1.29 is 36.0 Å². The van der Waals surface area contributed by atoms with Gasteiger partial charge in [0.1, 0.15) is 29.9 Å². The van der Waals surface area contributed by atoms with Crippen molar-refractivity contribution in [1.29, 1.82) is 0 Å². The van der Waals surface area contributed by atoms with E-state index < -0.39 is 45.0 Å². The first-order chi connectivity index (χ1) is 19.2. The van der Waals surface area contributed by atoms with Crippen molar-refractivity contribution in [3.8, 4) is 0 Å². The van der Waals surface area contributed by atoms with E-state index in [2.05, 4.69) is 10.1 Å². The molecule has 214 valence electrons. The fraction of sp³-hybridized carbons (Fsp3) is 0.296. The summed E-state index contributed by atoms with van der Waals surface area (Å²) in [6.07, 6.45) is 8.93. The molecule has 1 fully saturated rings. The van der Waals surface area contributed by atoms with E-state index in [-0.39, 0.29) is 22.3 Å². The topological polar surface area (TPSA) is 69.4 Å². The molecule has 4 rings (SSSR count). The van der Waals surface area contributed by atoms with Crippen LogP contribution in [0.2, 0.25) is 0 Å². The first kappa shape index (κ1) is 30.1. The van der Waals surface area contributed by atoms with Crippen LogP contribution in [0, 0.1) is 11.6 Å². The number of aliphatic hydroxyl groups is 1. The number of thioether (sulfide) groups is 1. The van der Waals surface area contributed by atoms with Crippen LogP contribution in [-0.2, 0) is 21.6 Å². The van der Waals surface area contributed by atoms with E-state index in [9.17, 15) is 26.6 Å². The summed E-state index contributed by atoms with van der Waals surface area (Å²) in [7, 11) is -2.68. The number of ether oxygens (including phenoxy) is 2. The van der Waals surface area contributed by atoms with E-state index in [0.29, 0.717) is 18.8 Å². The van der Waals surface area contributed by atoms with Crippen LogP contribution in [0.1, 0.15) is 18.1 Å². The lowest BCUT2D eigenvalue weighted by molar-refractivity contribution is -0.146. The first-order valence-corrected chi connectivity index (χ1v) is 14.1. The largest absolute Gasteiger partial charge is 0.382 e. The fourth-order valence-electron chi connectivity index (χ4n) is 4.04. The SMILES string of the molecule is CC(SC1COC(/C=C/C=C/c2ccc(S(F)=C(F)F)cc2)OC1)C(O)(Cn1cncn1)c1ccc(F)cc1F. The summed E-state index contributed by atoms with van der Waals surface area (Å²) in [5.74, 6) is -1.61. The summed E-state index contributed by atoms with van der Waals surface area (Å²) in [4.78, 5) is 3.79. The lowest BCUT2D eigenvalue weighted by Gasteiger charge is -2.37. The molecule has 2 heterocycles. The number of hydrogen-bond donors (Lipinski definition) is 1. The van der Waals surface area contributed by atoms with Crippen LogP contribution in [0.15, 0.2) is 78.2 Å². The average molecular weight is 600 g/mol. The number of halogens is 5. The van der Waals surface area contributed by atoms with E-state index in [0.717, 1.165) is 12.1 Å². The number of allylic oxidation sites excluding steroid dienone is 2. The molecule has 0 saturated carbocycles. The molecule has 1 aliphatic rings. The third-order valence-electron chi connectivity index (χ3n) is 6.12. The van der Waals surface area contributed by atoms with Gasteiger partial charge in [0.2, 0.25) is 0 Å². The Labute approximate surface area is 234 Å². The van der Waals surface area contributed by atoms with Gasteiger partial charge < -0.3 is 14.6 Å². The van der Waals surface area contributed by atoms with Crippen LogP contribution in [0.3, 0.4) is 0 Å². The molecule has 0 aliphatic carbocycles. The van der Waals surface area contributed by atoms with E-state index in [1.165, 1.54) is 47.3 Å². The van der Waals surface area contributed by atoms with Crippen molar-refractivity contribution in [2.75, 3.05) is 13.2 Å². The second-order valence-electron chi connectivity index (χ2n) is 8.87. The van der Waals surface area contributed by atoms with Crippen molar-refractivity contribution in [3.05, 3.63) is 96.1 Å². The number of aromatic nitrogens is 3. The zero-order valence-corrected chi connectivity index (χ0v) is 22.8. The molecule has 1 saturated heterocycles. The maximum absolute atomic E-state index is 14.7. The molecule has 0 radical (unpaired) electrons. The van der Waals surface area contributed by atoms with E-state index in [4.69, 9.17) is 9.47 Å². The van der Waals surface area contributed by atoms with Gasteiger partial charge in [-0.25, -0.2) is 18.4 Å². The molecule has 6 nitrogen and oxygen atoms in total. The smallest absolute Gasteiger partial charge is 0.328 e. The number of rotatable bonds is 10. The highest BCUT2D eigenvalue weighted by molar-refractivity contribution is 8.11. The first-order valence-electron chi connectivity index (χ1n) is 12.1. The molecule has 0 bridgehead atoms. The van der Waals surface area contributed by atoms with Gasteiger partial charge in [-0.05, 0) is 29.8 Å². The fourth-order valence-corrected chi connectivity index (χ4v) is 5.91. The maximum Gasteiger partial charge on any atom is 0.328 e. The highest BCUT2D eigenvalue weighted by atomic mass is 32.2. The lowest BCUT2D eigenvalue weighted by Crippen LogP contribution is -2.43. The van der Waals surface area contributed by atoms with Gasteiger partial charge in [-0.2, -0.15) is 17.8 Å². The normalized spacial score (nSPS) is 21.0. The molecule has 3 atom stereocenters. The zero-order valence-electron chi connectivity index (χ0n) is 21.2. The third-order valence-corrected chi connectivity index (χ3v) is 8.53. The zero-order chi connectivity index (χ0) is 28.7. The molecule has 1 N–H and O–H groups in total. The third kappa shape index (κ3) is 7.67. The lowest BCUT2D eigenvalue weighted by atomic mass is 9.90. The molecule has 0 amide bonds. The highest BCUT2D eigenvalue weighted by Crippen LogP contribution is 2.38. The molecule has 3 aromatic rings. The summed E-state index contributed by atoms with van der Waals surface area (Å²) in [5, 5.41) is 12.7. The van der Waals surface area contributed by atoms with Gasteiger partial charge in [0, 0.05) is 21.8 Å². The van der Waals surface area contributed by atoms with Crippen LogP contribution >= 0.6 is 22.6 Å². The second kappa shape index (κ2) is 13.7. The Hall–Kier alpha value is -2.84. The Morgan fingerprint density at radius 3 is 2.52 bits per heavy atom. The summed E-state index contributed by atoms with van der Waals surface area (Å²) >= 11 is 1.35. The van der Waals surface area contributed by atoms with Gasteiger partial charge in [0.15, 0.2) is 6.29 Å². The Kier molecular flexibility index (Phi) is 10.3. The molecule has 1 aromatic heterocycles. The molecule has 2 aromatic carbocycles. The van der Waals surface area contributed by atoms with Gasteiger partial charge in [-0.3, -0.25) is 0 Å². The van der Waals surface area contributed by atoms with Crippen LogP contribution in [0.25, 0.3) is 6.08 Å². The maximum atomic E-state index is 14.7. The van der Waals surface area contributed by atoms with E-state index in [1.54, 1.807) is 43.4 Å². The van der Waals surface area contributed by atoms with Crippen molar-refractivity contribution in [2.45, 2.75) is 40.8 Å². The van der Waals surface area contributed by atoms with Crippen molar-refractivity contribution in [3.63, 3.8) is 0 Å². The predicted molar refractivity (Wildman–Crippen MR) is 146 cm³/mol. The van der Waals surface area contributed by atoms with Crippen LogP contribution in [-0.4, -0.2) is 55.2 Å². The highest BCUT2D eigenvalue weighted by Gasteiger charge is 2.41. The van der Waals surface area contributed by atoms with Gasteiger partial charge >= 0.3 is 5.37 Å².